The van der Waals surface area contributed by atoms with Gasteiger partial charge in [-0.15, -0.1) is 0 Å². The third-order valence-electron chi connectivity index (χ3n) is 1.69. The molecular weight excluding hydrogens is 184 g/mol. The SMILES string of the molecule is CCC(C)(C)ON=C(C#N)C(N)=NO. The summed E-state index contributed by atoms with van der Waals surface area (Å²) in [6, 6.07) is 1.66. The van der Waals surface area contributed by atoms with Gasteiger partial charge in [-0.05, 0) is 20.3 Å². The molecular formula is C8H14N4O2. The molecule has 0 atom stereocenters. The van der Waals surface area contributed by atoms with Crippen LogP contribution in [0.3, 0.4) is 0 Å². The van der Waals surface area contributed by atoms with E-state index in [-0.39, 0.29) is 11.5 Å². The first-order valence-electron chi connectivity index (χ1n) is 4.11. The van der Waals surface area contributed by atoms with Gasteiger partial charge in [-0.25, -0.2) is 0 Å². The normalized spacial score (nSPS) is 13.6. The van der Waals surface area contributed by atoms with Crippen LogP contribution in [0.5, 0.6) is 0 Å². The van der Waals surface area contributed by atoms with Crippen LogP contribution >= 0.6 is 0 Å². The van der Waals surface area contributed by atoms with Crippen LogP contribution in [0.2, 0.25) is 0 Å². The zero-order valence-corrected chi connectivity index (χ0v) is 8.48. The summed E-state index contributed by atoms with van der Waals surface area (Å²) >= 11 is 0. The molecule has 0 saturated heterocycles. The molecule has 0 aliphatic rings. The highest BCUT2D eigenvalue weighted by Crippen LogP contribution is 2.13. The molecule has 0 saturated carbocycles. The Balaban J connectivity index is 4.59. The maximum atomic E-state index is 8.56. The highest BCUT2D eigenvalue weighted by molar-refractivity contribution is 6.46. The second-order valence-electron chi connectivity index (χ2n) is 3.24. The van der Waals surface area contributed by atoms with E-state index in [1.807, 2.05) is 20.8 Å². The minimum absolute atomic E-state index is 0.242. The number of amidine groups is 1. The van der Waals surface area contributed by atoms with Gasteiger partial charge in [0, 0.05) is 0 Å². The first-order chi connectivity index (χ1) is 6.46. The van der Waals surface area contributed by atoms with Crippen molar-refractivity contribution >= 4 is 11.5 Å². The van der Waals surface area contributed by atoms with Crippen molar-refractivity contribution in [2.75, 3.05) is 0 Å². The number of hydrogen-bond acceptors (Lipinski definition) is 5. The molecule has 78 valence electrons. The van der Waals surface area contributed by atoms with Gasteiger partial charge in [0.15, 0.2) is 0 Å². The summed E-state index contributed by atoms with van der Waals surface area (Å²) in [4.78, 5) is 5.05. The van der Waals surface area contributed by atoms with E-state index in [0.29, 0.717) is 0 Å². The second-order valence-corrected chi connectivity index (χ2v) is 3.24. The largest absolute Gasteiger partial charge is 0.409 e. The van der Waals surface area contributed by atoms with Gasteiger partial charge >= 0.3 is 0 Å². The van der Waals surface area contributed by atoms with Crippen molar-refractivity contribution in [3.05, 3.63) is 0 Å². The molecule has 0 aromatic heterocycles. The molecule has 0 bridgehead atoms. The molecule has 0 spiro atoms. The lowest BCUT2D eigenvalue weighted by Crippen LogP contribution is -2.26. The molecule has 0 unspecified atom stereocenters. The topological polar surface area (TPSA) is 104 Å². The van der Waals surface area contributed by atoms with E-state index in [4.69, 9.17) is 21.0 Å². The van der Waals surface area contributed by atoms with E-state index >= 15 is 0 Å². The van der Waals surface area contributed by atoms with E-state index in [1.165, 1.54) is 0 Å². The quantitative estimate of drug-likeness (QED) is 0.302. The number of nitrogens with two attached hydrogens (primary N) is 1. The molecule has 6 nitrogen and oxygen atoms in total. The highest BCUT2D eigenvalue weighted by Gasteiger charge is 2.17. The van der Waals surface area contributed by atoms with Gasteiger partial charge in [-0.3, -0.25) is 0 Å². The molecule has 0 amide bonds. The molecule has 3 N–H and O–H groups in total. The van der Waals surface area contributed by atoms with Gasteiger partial charge in [0.05, 0.1) is 0 Å². The Kier molecular flexibility index (Phi) is 4.43. The van der Waals surface area contributed by atoms with E-state index < -0.39 is 5.60 Å². The van der Waals surface area contributed by atoms with Crippen LogP contribution in [0.15, 0.2) is 10.3 Å². The summed E-state index contributed by atoms with van der Waals surface area (Å²) in [5.74, 6) is -0.362. The maximum Gasteiger partial charge on any atom is 0.224 e. The summed E-state index contributed by atoms with van der Waals surface area (Å²) in [5.41, 5.74) is 4.45. The summed E-state index contributed by atoms with van der Waals surface area (Å²) in [7, 11) is 0. The lowest BCUT2D eigenvalue weighted by molar-refractivity contribution is -0.0162. The first kappa shape index (κ1) is 12.2. The Morgan fingerprint density at radius 3 is 2.57 bits per heavy atom. The van der Waals surface area contributed by atoms with Crippen LogP contribution < -0.4 is 5.73 Å². The monoisotopic (exact) mass is 198 g/mol. The number of oxime groups is 2. The standard InChI is InChI=1S/C8H14N4O2/c1-4-8(2,3)14-12-6(5-9)7(10)11-13/h13H,4H2,1-3H3,(H2,10,11). The molecule has 0 fully saturated rings. The average Bonchev–Trinajstić information content (AvgIpc) is 2.18. The van der Waals surface area contributed by atoms with Crippen molar-refractivity contribution in [2.24, 2.45) is 16.0 Å². The Labute approximate surface area is 82.6 Å². The number of rotatable bonds is 4. The van der Waals surface area contributed by atoms with Crippen molar-refractivity contribution in [1.29, 1.82) is 5.26 Å². The second kappa shape index (κ2) is 5.07. The van der Waals surface area contributed by atoms with Crippen LogP contribution in [0.4, 0.5) is 0 Å². The van der Waals surface area contributed by atoms with Crippen LogP contribution in [-0.4, -0.2) is 22.4 Å². The zero-order chi connectivity index (χ0) is 11.2. The zero-order valence-electron chi connectivity index (χ0n) is 8.48. The minimum Gasteiger partial charge on any atom is -0.409 e. The summed E-state index contributed by atoms with van der Waals surface area (Å²) < 4.78 is 0. The van der Waals surface area contributed by atoms with Crippen LogP contribution in [0.1, 0.15) is 27.2 Å². The van der Waals surface area contributed by atoms with Gasteiger partial charge in [0.2, 0.25) is 11.5 Å². The average molecular weight is 198 g/mol. The van der Waals surface area contributed by atoms with Crippen molar-refractivity contribution in [1.82, 2.24) is 0 Å². The number of nitriles is 1. The lowest BCUT2D eigenvalue weighted by Gasteiger charge is -2.19. The minimum atomic E-state index is -0.474. The predicted molar refractivity (Wildman–Crippen MR) is 51.9 cm³/mol. The third-order valence-corrected chi connectivity index (χ3v) is 1.69. The van der Waals surface area contributed by atoms with Crippen LogP contribution in [0.25, 0.3) is 0 Å². The van der Waals surface area contributed by atoms with E-state index in [1.54, 1.807) is 6.07 Å². The molecule has 0 aromatic rings. The molecule has 0 aliphatic carbocycles. The molecule has 0 aromatic carbocycles. The van der Waals surface area contributed by atoms with Gasteiger partial charge < -0.3 is 15.8 Å². The number of nitrogens with zero attached hydrogens (tertiary/aromatic N) is 3. The fourth-order valence-corrected chi connectivity index (χ4v) is 0.406. The van der Waals surface area contributed by atoms with Crippen molar-refractivity contribution in [2.45, 2.75) is 32.8 Å². The van der Waals surface area contributed by atoms with Gasteiger partial charge in [0.1, 0.15) is 11.7 Å². The van der Waals surface area contributed by atoms with Gasteiger partial charge in [0.25, 0.3) is 0 Å². The Morgan fingerprint density at radius 1 is 1.64 bits per heavy atom. The molecule has 6 heteroatoms. The lowest BCUT2D eigenvalue weighted by atomic mass is 10.1. The molecule has 0 rings (SSSR count). The number of hydrogen-bond donors (Lipinski definition) is 2. The molecule has 14 heavy (non-hydrogen) atoms. The maximum absolute atomic E-state index is 8.56. The van der Waals surface area contributed by atoms with Crippen molar-refractivity contribution < 1.29 is 10.0 Å². The van der Waals surface area contributed by atoms with Gasteiger partial charge in [-0.1, -0.05) is 17.2 Å². The first-order valence-corrected chi connectivity index (χ1v) is 4.11. The Bertz CT molecular complexity index is 288. The van der Waals surface area contributed by atoms with E-state index in [2.05, 4.69) is 10.3 Å². The van der Waals surface area contributed by atoms with Gasteiger partial charge in [-0.2, -0.15) is 5.26 Å². The van der Waals surface area contributed by atoms with E-state index in [9.17, 15) is 0 Å². The van der Waals surface area contributed by atoms with Crippen LogP contribution in [0, 0.1) is 11.3 Å². The van der Waals surface area contributed by atoms with Crippen LogP contribution in [-0.2, 0) is 4.84 Å². The summed E-state index contributed by atoms with van der Waals surface area (Å²) in [6.07, 6.45) is 0.728. The van der Waals surface area contributed by atoms with E-state index in [0.717, 1.165) is 6.42 Å². The smallest absolute Gasteiger partial charge is 0.224 e. The fourth-order valence-electron chi connectivity index (χ4n) is 0.406. The highest BCUT2D eigenvalue weighted by atomic mass is 16.6. The molecule has 0 radical (unpaired) electrons. The molecule has 0 heterocycles. The third kappa shape index (κ3) is 3.76. The predicted octanol–water partition coefficient (Wildman–Crippen LogP) is 0.818. The Morgan fingerprint density at radius 2 is 2.21 bits per heavy atom. The summed E-state index contributed by atoms with van der Waals surface area (Å²) in [6.45, 7) is 5.56. The Hall–Kier alpha value is -1.77. The van der Waals surface area contributed by atoms with Crippen molar-refractivity contribution in [3.63, 3.8) is 0 Å². The fraction of sp³-hybridized carbons (Fsp3) is 0.625. The molecule has 0 aliphatic heterocycles. The summed E-state index contributed by atoms with van der Waals surface area (Å²) in [5, 5.41) is 23.0. The van der Waals surface area contributed by atoms with Crippen molar-refractivity contribution in [3.8, 4) is 6.07 Å².